The molecule has 0 radical (unpaired) electrons. The van der Waals surface area contributed by atoms with Gasteiger partial charge in [0, 0.05) is 36.8 Å². The number of morpholine rings is 1. The van der Waals surface area contributed by atoms with Crippen molar-refractivity contribution < 1.29 is 14.3 Å². The van der Waals surface area contributed by atoms with E-state index in [1.807, 2.05) is 47.8 Å². The molecule has 0 bridgehead atoms. The third kappa shape index (κ3) is 6.15. The Morgan fingerprint density at radius 2 is 1.72 bits per heavy atom. The number of benzene rings is 2. The van der Waals surface area contributed by atoms with E-state index in [-0.39, 0.29) is 12.5 Å². The second-order valence-electron chi connectivity index (χ2n) is 7.06. The van der Waals surface area contributed by atoms with Gasteiger partial charge in [-0.1, -0.05) is 24.3 Å². The summed E-state index contributed by atoms with van der Waals surface area (Å²) in [5.74, 6) is 2.99. The van der Waals surface area contributed by atoms with Crippen LogP contribution in [0.15, 0.2) is 48.5 Å². The molecule has 2 aliphatic heterocycles. The van der Waals surface area contributed by atoms with Crippen LogP contribution in [0, 0.1) is 0 Å². The maximum absolute atomic E-state index is 12.2. The van der Waals surface area contributed by atoms with E-state index in [4.69, 9.17) is 9.47 Å². The molecule has 4 rings (SSSR count). The van der Waals surface area contributed by atoms with Gasteiger partial charge >= 0.3 is 0 Å². The van der Waals surface area contributed by atoms with Crippen molar-refractivity contribution in [2.24, 2.45) is 0 Å². The maximum atomic E-state index is 12.2. The number of nitrogens with zero attached hydrogens (tertiary/aromatic N) is 1. The van der Waals surface area contributed by atoms with E-state index in [0.29, 0.717) is 4.58 Å². The van der Waals surface area contributed by atoms with Crippen LogP contribution in [-0.4, -0.2) is 55.2 Å². The SMILES string of the molecule is O=C(COc1ccc(C2SCCS2)cc1)Nc1ccc(CN2CCOCC2)cc1. The largest absolute Gasteiger partial charge is 0.484 e. The number of anilines is 1. The highest BCUT2D eigenvalue weighted by Crippen LogP contribution is 2.45. The van der Waals surface area contributed by atoms with Crippen LogP contribution in [0.4, 0.5) is 5.69 Å². The van der Waals surface area contributed by atoms with Crippen LogP contribution in [0.5, 0.6) is 5.75 Å². The van der Waals surface area contributed by atoms with Crippen molar-refractivity contribution in [1.82, 2.24) is 4.90 Å². The number of amides is 1. The molecule has 1 amide bonds. The van der Waals surface area contributed by atoms with Gasteiger partial charge in [0.05, 0.1) is 17.8 Å². The minimum absolute atomic E-state index is 0.00179. The molecule has 0 unspecified atom stereocenters. The predicted molar refractivity (Wildman–Crippen MR) is 121 cm³/mol. The first-order valence-electron chi connectivity index (χ1n) is 9.91. The summed E-state index contributed by atoms with van der Waals surface area (Å²) in [4.78, 5) is 14.6. The summed E-state index contributed by atoms with van der Waals surface area (Å²) in [5, 5.41) is 2.89. The Hall–Kier alpha value is -1.67. The van der Waals surface area contributed by atoms with Crippen molar-refractivity contribution in [3.05, 3.63) is 59.7 Å². The molecule has 2 aliphatic rings. The summed E-state index contributed by atoms with van der Waals surface area (Å²) in [7, 11) is 0. The molecule has 2 saturated heterocycles. The molecule has 2 fully saturated rings. The molecule has 5 nitrogen and oxygen atoms in total. The van der Waals surface area contributed by atoms with Gasteiger partial charge in [-0.25, -0.2) is 0 Å². The summed E-state index contributed by atoms with van der Waals surface area (Å²) in [6.45, 7) is 4.45. The van der Waals surface area contributed by atoms with E-state index in [9.17, 15) is 4.79 Å². The molecule has 2 aromatic rings. The molecule has 1 N–H and O–H groups in total. The average Bonchev–Trinajstić information content (AvgIpc) is 3.30. The fourth-order valence-corrected chi connectivity index (χ4v) is 6.19. The van der Waals surface area contributed by atoms with Crippen LogP contribution in [0.1, 0.15) is 15.7 Å². The van der Waals surface area contributed by atoms with Gasteiger partial charge in [0.15, 0.2) is 6.61 Å². The topological polar surface area (TPSA) is 50.8 Å². The third-order valence-electron chi connectivity index (χ3n) is 4.89. The lowest BCUT2D eigenvalue weighted by Crippen LogP contribution is -2.35. The number of hydrogen-bond acceptors (Lipinski definition) is 6. The Labute approximate surface area is 180 Å². The molecule has 2 heterocycles. The fourth-order valence-electron chi connectivity index (χ4n) is 3.33. The number of hydrogen-bond donors (Lipinski definition) is 1. The van der Waals surface area contributed by atoms with Gasteiger partial charge in [-0.05, 0) is 35.4 Å². The number of thioether (sulfide) groups is 2. The Morgan fingerprint density at radius 1 is 1.03 bits per heavy atom. The molecular formula is C22H26N2O3S2. The summed E-state index contributed by atoms with van der Waals surface area (Å²) in [6.07, 6.45) is 0. The van der Waals surface area contributed by atoms with Gasteiger partial charge < -0.3 is 14.8 Å². The average molecular weight is 431 g/mol. The van der Waals surface area contributed by atoms with Crippen molar-refractivity contribution >= 4 is 35.1 Å². The van der Waals surface area contributed by atoms with Crippen molar-refractivity contribution in [2.45, 2.75) is 11.1 Å². The first kappa shape index (κ1) is 20.6. The van der Waals surface area contributed by atoms with Crippen molar-refractivity contribution in [3.63, 3.8) is 0 Å². The predicted octanol–water partition coefficient (Wildman–Crippen LogP) is 4.01. The molecule has 0 spiro atoms. The molecule has 0 aliphatic carbocycles. The third-order valence-corrected chi connectivity index (χ3v) is 8.00. The van der Waals surface area contributed by atoms with E-state index < -0.39 is 0 Å². The second kappa shape index (κ2) is 10.4. The molecule has 2 aromatic carbocycles. The Balaban J connectivity index is 1.22. The van der Waals surface area contributed by atoms with Gasteiger partial charge in [0.25, 0.3) is 5.91 Å². The van der Waals surface area contributed by atoms with Gasteiger partial charge in [0.2, 0.25) is 0 Å². The van der Waals surface area contributed by atoms with Crippen LogP contribution in [0.2, 0.25) is 0 Å². The zero-order chi connectivity index (χ0) is 19.9. The monoisotopic (exact) mass is 430 g/mol. The quantitative estimate of drug-likeness (QED) is 0.716. The lowest BCUT2D eigenvalue weighted by Gasteiger charge is -2.26. The summed E-state index contributed by atoms with van der Waals surface area (Å²) in [6, 6.07) is 16.1. The van der Waals surface area contributed by atoms with Gasteiger partial charge in [0.1, 0.15) is 5.75 Å². The lowest BCUT2D eigenvalue weighted by molar-refractivity contribution is -0.118. The highest BCUT2D eigenvalue weighted by Gasteiger charge is 2.18. The van der Waals surface area contributed by atoms with Gasteiger partial charge in [-0.3, -0.25) is 9.69 Å². The molecule has 154 valence electrons. The van der Waals surface area contributed by atoms with E-state index in [2.05, 4.69) is 34.5 Å². The number of carbonyl (C=O) groups excluding carboxylic acids is 1. The molecule has 7 heteroatoms. The normalized spacial score (nSPS) is 17.9. The maximum Gasteiger partial charge on any atom is 0.262 e. The number of nitrogens with one attached hydrogen (secondary N) is 1. The van der Waals surface area contributed by atoms with Gasteiger partial charge in [-0.2, -0.15) is 0 Å². The van der Waals surface area contributed by atoms with Crippen molar-refractivity contribution in [3.8, 4) is 5.75 Å². The summed E-state index contributed by atoms with van der Waals surface area (Å²) in [5.41, 5.74) is 3.33. The number of carbonyl (C=O) groups is 1. The number of ether oxygens (including phenoxy) is 2. The molecule has 0 atom stereocenters. The highest BCUT2D eigenvalue weighted by atomic mass is 32.2. The Kier molecular flexibility index (Phi) is 7.38. The van der Waals surface area contributed by atoms with Gasteiger partial charge in [-0.15, -0.1) is 23.5 Å². The standard InChI is InChI=1S/C22H26N2O3S2/c25-21(16-27-20-7-3-18(4-8-20)22-28-13-14-29-22)23-19-5-1-17(2-6-19)15-24-9-11-26-12-10-24/h1-8,22H,9-16H2,(H,23,25). The van der Waals surface area contributed by atoms with Crippen LogP contribution >= 0.6 is 23.5 Å². The zero-order valence-electron chi connectivity index (χ0n) is 16.3. The van der Waals surface area contributed by atoms with Crippen molar-refractivity contribution in [2.75, 3.05) is 49.7 Å². The minimum Gasteiger partial charge on any atom is -0.484 e. The molecule has 0 saturated carbocycles. The summed E-state index contributed by atoms with van der Waals surface area (Å²) >= 11 is 3.96. The second-order valence-corrected chi connectivity index (χ2v) is 9.79. The minimum atomic E-state index is -0.156. The highest BCUT2D eigenvalue weighted by molar-refractivity contribution is 8.19. The van der Waals surface area contributed by atoms with Crippen LogP contribution < -0.4 is 10.1 Å². The van der Waals surface area contributed by atoms with Crippen LogP contribution in [-0.2, 0) is 16.1 Å². The van der Waals surface area contributed by atoms with E-state index >= 15 is 0 Å². The van der Waals surface area contributed by atoms with E-state index in [0.717, 1.165) is 44.3 Å². The first-order valence-corrected chi connectivity index (χ1v) is 12.0. The molecule has 29 heavy (non-hydrogen) atoms. The van der Waals surface area contributed by atoms with Crippen LogP contribution in [0.3, 0.4) is 0 Å². The van der Waals surface area contributed by atoms with Crippen molar-refractivity contribution in [1.29, 1.82) is 0 Å². The fraction of sp³-hybridized carbons (Fsp3) is 0.409. The smallest absolute Gasteiger partial charge is 0.262 e. The summed E-state index contributed by atoms with van der Waals surface area (Å²) < 4.78 is 11.5. The molecular weight excluding hydrogens is 404 g/mol. The lowest BCUT2D eigenvalue weighted by atomic mass is 10.2. The zero-order valence-corrected chi connectivity index (χ0v) is 18.0. The molecule has 0 aromatic heterocycles. The van der Waals surface area contributed by atoms with E-state index in [1.165, 1.54) is 22.6 Å². The first-order chi connectivity index (χ1) is 14.3. The number of rotatable bonds is 7. The van der Waals surface area contributed by atoms with E-state index in [1.54, 1.807) is 0 Å². The van der Waals surface area contributed by atoms with Crippen LogP contribution in [0.25, 0.3) is 0 Å². The Morgan fingerprint density at radius 3 is 2.41 bits per heavy atom. The Bertz CT molecular complexity index is 787.